The summed E-state index contributed by atoms with van der Waals surface area (Å²) in [6.45, 7) is 3.79. The number of carbonyl (C=O) groups is 2. The standard InChI is InChI=1S/C14H17N3O4/c1-2-15-13(18)8-16-5-6-17(14(16)19)10-3-4-11-12(7-10)21-9-20-11/h3-4,7H,2,5-6,8-9H2,1H3,(H,15,18). The van der Waals surface area contributed by atoms with E-state index in [0.717, 1.165) is 5.69 Å². The van der Waals surface area contributed by atoms with Crippen molar-refractivity contribution in [2.45, 2.75) is 6.92 Å². The van der Waals surface area contributed by atoms with Crippen molar-refractivity contribution in [3.8, 4) is 11.5 Å². The zero-order valence-electron chi connectivity index (χ0n) is 11.8. The molecule has 1 saturated heterocycles. The molecule has 1 N–H and O–H groups in total. The second-order valence-corrected chi connectivity index (χ2v) is 4.85. The lowest BCUT2D eigenvalue weighted by Gasteiger charge is -2.18. The molecular formula is C14H17N3O4. The molecule has 2 heterocycles. The SMILES string of the molecule is CCNC(=O)CN1CCN(c2ccc3c(c2)OCO3)C1=O. The highest BCUT2D eigenvalue weighted by Gasteiger charge is 2.31. The predicted octanol–water partition coefficient (Wildman–Crippen LogP) is 0.793. The first-order valence-corrected chi connectivity index (χ1v) is 6.92. The highest BCUT2D eigenvalue weighted by molar-refractivity contribution is 5.96. The number of benzene rings is 1. The van der Waals surface area contributed by atoms with E-state index in [2.05, 4.69) is 5.32 Å². The number of nitrogens with one attached hydrogen (secondary N) is 1. The van der Waals surface area contributed by atoms with Crippen LogP contribution in [0.4, 0.5) is 10.5 Å². The van der Waals surface area contributed by atoms with Crippen LogP contribution in [0.2, 0.25) is 0 Å². The second-order valence-electron chi connectivity index (χ2n) is 4.85. The first kappa shape index (κ1) is 13.5. The average molecular weight is 291 g/mol. The van der Waals surface area contributed by atoms with E-state index in [0.29, 0.717) is 31.1 Å². The van der Waals surface area contributed by atoms with Crippen LogP contribution in [0.3, 0.4) is 0 Å². The van der Waals surface area contributed by atoms with Gasteiger partial charge in [0.15, 0.2) is 11.5 Å². The molecule has 0 aliphatic carbocycles. The third-order valence-corrected chi connectivity index (χ3v) is 3.47. The molecule has 0 aromatic heterocycles. The van der Waals surface area contributed by atoms with Crippen LogP contribution in [-0.2, 0) is 4.79 Å². The van der Waals surface area contributed by atoms with Crippen LogP contribution >= 0.6 is 0 Å². The molecule has 3 amide bonds. The molecule has 0 bridgehead atoms. The van der Waals surface area contributed by atoms with E-state index in [1.807, 2.05) is 13.0 Å². The minimum atomic E-state index is -0.167. The lowest BCUT2D eigenvalue weighted by molar-refractivity contribution is -0.121. The molecule has 1 aromatic carbocycles. The highest BCUT2D eigenvalue weighted by Crippen LogP contribution is 2.36. The predicted molar refractivity (Wildman–Crippen MR) is 75.6 cm³/mol. The van der Waals surface area contributed by atoms with Crippen LogP contribution < -0.4 is 19.7 Å². The van der Waals surface area contributed by atoms with Crippen molar-refractivity contribution in [1.29, 1.82) is 0 Å². The Morgan fingerprint density at radius 3 is 2.90 bits per heavy atom. The van der Waals surface area contributed by atoms with Gasteiger partial charge >= 0.3 is 6.03 Å². The van der Waals surface area contributed by atoms with Crippen LogP contribution in [0.1, 0.15) is 6.92 Å². The van der Waals surface area contributed by atoms with Gasteiger partial charge in [-0.25, -0.2) is 4.79 Å². The molecule has 2 aliphatic rings. The van der Waals surface area contributed by atoms with Crippen molar-refractivity contribution in [3.05, 3.63) is 18.2 Å². The molecule has 1 fully saturated rings. The number of fused-ring (bicyclic) bond motifs is 1. The number of hydrogen-bond acceptors (Lipinski definition) is 4. The van der Waals surface area contributed by atoms with Crippen molar-refractivity contribution < 1.29 is 19.1 Å². The van der Waals surface area contributed by atoms with Gasteiger partial charge in [-0.1, -0.05) is 0 Å². The van der Waals surface area contributed by atoms with E-state index in [1.165, 1.54) is 4.90 Å². The fourth-order valence-corrected chi connectivity index (χ4v) is 2.45. The minimum Gasteiger partial charge on any atom is -0.454 e. The first-order valence-electron chi connectivity index (χ1n) is 6.92. The summed E-state index contributed by atoms with van der Waals surface area (Å²) in [7, 11) is 0. The molecular weight excluding hydrogens is 274 g/mol. The lowest BCUT2D eigenvalue weighted by Crippen LogP contribution is -2.39. The van der Waals surface area contributed by atoms with Gasteiger partial charge in [0, 0.05) is 31.4 Å². The van der Waals surface area contributed by atoms with Gasteiger partial charge in [-0.05, 0) is 19.1 Å². The second kappa shape index (κ2) is 5.51. The molecule has 7 nitrogen and oxygen atoms in total. The van der Waals surface area contributed by atoms with Crippen LogP contribution in [0, 0.1) is 0 Å². The average Bonchev–Trinajstić information content (AvgIpc) is 3.06. The fourth-order valence-electron chi connectivity index (χ4n) is 2.45. The van der Waals surface area contributed by atoms with Crippen molar-refractivity contribution in [3.63, 3.8) is 0 Å². The topological polar surface area (TPSA) is 71.1 Å². The van der Waals surface area contributed by atoms with Gasteiger partial charge in [-0.15, -0.1) is 0 Å². The number of likely N-dealkylation sites (N-methyl/N-ethyl adjacent to an activating group) is 1. The van der Waals surface area contributed by atoms with Gasteiger partial charge in [0.1, 0.15) is 6.54 Å². The van der Waals surface area contributed by atoms with Gasteiger partial charge in [0.05, 0.1) is 0 Å². The van der Waals surface area contributed by atoms with Gasteiger partial charge in [-0.2, -0.15) is 0 Å². The van der Waals surface area contributed by atoms with E-state index >= 15 is 0 Å². The number of urea groups is 1. The Morgan fingerprint density at radius 2 is 2.10 bits per heavy atom. The number of hydrogen-bond donors (Lipinski definition) is 1. The van der Waals surface area contributed by atoms with Gasteiger partial charge in [-0.3, -0.25) is 9.69 Å². The number of amides is 3. The molecule has 0 atom stereocenters. The van der Waals surface area contributed by atoms with Gasteiger partial charge in [0.2, 0.25) is 12.7 Å². The molecule has 0 spiro atoms. The lowest BCUT2D eigenvalue weighted by atomic mass is 10.2. The van der Waals surface area contributed by atoms with Crippen molar-refractivity contribution in [1.82, 2.24) is 10.2 Å². The summed E-state index contributed by atoms with van der Waals surface area (Å²) in [6, 6.07) is 5.23. The van der Waals surface area contributed by atoms with E-state index in [4.69, 9.17) is 9.47 Å². The fraction of sp³-hybridized carbons (Fsp3) is 0.429. The van der Waals surface area contributed by atoms with Crippen molar-refractivity contribution in [2.24, 2.45) is 0 Å². The van der Waals surface area contributed by atoms with Crippen LogP contribution in [-0.4, -0.2) is 49.8 Å². The number of nitrogens with zero attached hydrogens (tertiary/aromatic N) is 2. The summed E-state index contributed by atoms with van der Waals surface area (Å²) < 4.78 is 10.6. The zero-order chi connectivity index (χ0) is 14.8. The third-order valence-electron chi connectivity index (χ3n) is 3.47. The summed E-state index contributed by atoms with van der Waals surface area (Å²) in [5.74, 6) is 1.19. The highest BCUT2D eigenvalue weighted by atomic mass is 16.7. The largest absolute Gasteiger partial charge is 0.454 e. The van der Waals surface area contributed by atoms with Gasteiger partial charge in [0.25, 0.3) is 0 Å². The maximum Gasteiger partial charge on any atom is 0.325 e. The maximum atomic E-state index is 12.3. The molecule has 21 heavy (non-hydrogen) atoms. The molecule has 3 rings (SSSR count). The van der Waals surface area contributed by atoms with Gasteiger partial charge < -0.3 is 19.7 Å². The third kappa shape index (κ3) is 2.58. The summed E-state index contributed by atoms with van der Waals surface area (Å²) >= 11 is 0. The van der Waals surface area contributed by atoms with E-state index in [1.54, 1.807) is 17.0 Å². The molecule has 2 aliphatic heterocycles. The van der Waals surface area contributed by atoms with E-state index < -0.39 is 0 Å². The Bertz CT molecular complexity index is 575. The Kier molecular flexibility index (Phi) is 3.55. The number of anilines is 1. The summed E-state index contributed by atoms with van der Waals surface area (Å²) in [5, 5.41) is 2.69. The normalized spacial score (nSPS) is 16.5. The quantitative estimate of drug-likeness (QED) is 0.890. The Labute approximate surface area is 122 Å². The number of carbonyl (C=O) groups excluding carboxylic acids is 2. The van der Waals surface area contributed by atoms with Crippen molar-refractivity contribution >= 4 is 17.6 Å². The molecule has 0 radical (unpaired) electrons. The molecule has 1 aromatic rings. The Hall–Kier alpha value is -2.44. The summed E-state index contributed by atoms with van der Waals surface area (Å²) in [6.07, 6.45) is 0. The monoisotopic (exact) mass is 291 g/mol. The summed E-state index contributed by atoms with van der Waals surface area (Å²) in [4.78, 5) is 27.1. The molecule has 112 valence electrons. The minimum absolute atomic E-state index is 0.0910. The molecule has 7 heteroatoms. The Morgan fingerprint density at radius 1 is 1.29 bits per heavy atom. The smallest absolute Gasteiger partial charge is 0.325 e. The van der Waals surface area contributed by atoms with E-state index in [9.17, 15) is 9.59 Å². The van der Waals surface area contributed by atoms with Crippen molar-refractivity contribution in [2.75, 3.05) is 37.9 Å². The Balaban J connectivity index is 1.70. The first-order chi connectivity index (χ1) is 10.2. The molecule has 0 saturated carbocycles. The summed E-state index contributed by atoms with van der Waals surface area (Å²) in [5.41, 5.74) is 0.752. The maximum absolute atomic E-state index is 12.3. The number of ether oxygens (including phenoxy) is 2. The van der Waals surface area contributed by atoms with E-state index in [-0.39, 0.29) is 25.3 Å². The van der Waals surface area contributed by atoms with Crippen LogP contribution in [0.25, 0.3) is 0 Å². The number of rotatable bonds is 4. The zero-order valence-corrected chi connectivity index (χ0v) is 11.8. The molecule has 0 unspecified atom stereocenters. The van der Waals surface area contributed by atoms with Crippen LogP contribution in [0.5, 0.6) is 11.5 Å². The van der Waals surface area contributed by atoms with Crippen LogP contribution in [0.15, 0.2) is 18.2 Å².